The number of phenolic OH excluding ortho intramolecular Hbond substituents is 1. The summed E-state index contributed by atoms with van der Waals surface area (Å²) in [4.78, 5) is 10.6. The van der Waals surface area contributed by atoms with Crippen molar-refractivity contribution < 1.29 is 14.6 Å². The molecule has 0 aromatic heterocycles. The van der Waals surface area contributed by atoms with Gasteiger partial charge in [0.25, 0.3) is 5.91 Å². The number of phenols is 1. The quantitative estimate of drug-likeness (QED) is 0.749. The molecule has 5 heteroatoms. The Morgan fingerprint density at radius 2 is 1.95 bits per heavy atom. The Morgan fingerprint density at radius 3 is 2.60 bits per heavy atom. The van der Waals surface area contributed by atoms with Crippen LogP contribution in [0, 0.1) is 0 Å². The number of hydrogen-bond acceptors (Lipinski definition) is 4. The van der Waals surface area contributed by atoms with E-state index in [0.717, 1.165) is 11.3 Å². The van der Waals surface area contributed by atoms with Crippen molar-refractivity contribution in [3.8, 4) is 11.5 Å². The Hall–Kier alpha value is -2.69. The maximum atomic E-state index is 10.6. The monoisotopic (exact) mass is 272 g/mol. The Balaban J connectivity index is 1.89. The highest BCUT2D eigenvalue weighted by Crippen LogP contribution is 2.17. The fraction of sp³-hybridized carbons (Fsp3) is 0.133. The van der Waals surface area contributed by atoms with E-state index in [2.05, 4.69) is 5.32 Å². The first kappa shape index (κ1) is 13.7. The van der Waals surface area contributed by atoms with Crippen molar-refractivity contribution in [3.63, 3.8) is 0 Å². The van der Waals surface area contributed by atoms with Crippen LogP contribution in [0.15, 0.2) is 48.5 Å². The Morgan fingerprint density at radius 1 is 1.20 bits per heavy atom. The molecular formula is C15H16N2O3. The number of anilines is 1. The summed E-state index contributed by atoms with van der Waals surface area (Å²) in [5.41, 5.74) is 6.90. The summed E-state index contributed by atoms with van der Waals surface area (Å²) in [7, 11) is 0. The van der Waals surface area contributed by atoms with Crippen LogP contribution in [0.4, 0.5) is 5.69 Å². The molecule has 0 aliphatic carbocycles. The van der Waals surface area contributed by atoms with Gasteiger partial charge in [0.05, 0.1) is 0 Å². The lowest BCUT2D eigenvalue weighted by Crippen LogP contribution is -2.19. The van der Waals surface area contributed by atoms with Gasteiger partial charge in [0, 0.05) is 12.2 Å². The van der Waals surface area contributed by atoms with Crippen molar-refractivity contribution >= 4 is 11.6 Å². The molecule has 1 amide bonds. The van der Waals surface area contributed by atoms with Gasteiger partial charge in [-0.25, -0.2) is 0 Å². The largest absolute Gasteiger partial charge is 0.508 e. The van der Waals surface area contributed by atoms with Crippen LogP contribution in [0.25, 0.3) is 0 Å². The van der Waals surface area contributed by atoms with Crippen LogP contribution in [-0.4, -0.2) is 17.6 Å². The molecule has 0 radical (unpaired) electrons. The average Bonchev–Trinajstić information content (AvgIpc) is 2.44. The van der Waals surface area contributed by atoms with Crippen LogP contribution in [0.3, 0.4) is 0 Å². The van der Waals surface area contributed by atoms with Gasteiger partial charge in [-0.1, -0.05) is 12.1 Å². The molecule has 0 saturated carbocycles. The number of carbonyl (C=O) groups is 1. The first-order valence-corrected chi connectivity index (χ1v) is 6.16. The van der Waals surface area contributed by atoms with Crippen LogP contribution in [-0.2, 0) is 11.3 Å². The third kappa shape index (κ3) is 4.20. The Bertz CT molecular complexity index is 582. The molecule has 2 aromatic carbocycles. The minimum absolute atomic E-state index is 0.129. The number of amides is 1. The molecule has 5 nitrogen and oxygen atoms in total. The number of ether oxygens (including phenoxy) is 1. The second kappa shape index (κ2) is 6.47. The predicted molar refractivity (Wildman–Crippen MR) is 76.6 cm³/mol. The zero-order chi connectivity index (χ0) is 14.4. The number of rotatable bonds is 6. The lowest BCUT2D eigenvalue weighted by atomic mass is 10.2. The van der Waals surface area contributed by atoms with Crippen molar-refractivity contribution in [2.75, 3.05) is 11.9 Å². The number of aromatic hydroxyl groups is 1. The fourth-order valence-electron chi connectivity index (χ4n) is 1.69. The van der Waals surface area contributed by atoms with Gasteiger partial charge in [-0.15, -0.1) is 0 Å². The number of benzene rings is 2. The van der Waals surface area contributed by atoms with Crippen LogP contribution in [0.2, 0.25) is 0 Å². The van der Waals surface area contributed by atoms with Gasteiger partial charge in [-0.05, 0) is 42.0 Å². The van der Waals surface area contributed by atoms with Crippen molar-refractivity contribution in [2.24, 2.45) is 5.73 Å². The van der Waals surface area contributed by atoms with Gasteiger partial charge in [0.1, 0.15) is 11.5 Å². The third-order valence-corrected chi connectivity index (χ3v) is 2.64. The maximum Gasteiger partial charge on any atom is 0.255 e. The number of hydrogen-bond donors (Lipinski definition) is 3. The highest BCUT2D eigenvalue weighted by Gasteiger charge is 1.99. The van der Waals surface area contributed by atoms with Crippen LogP contribution >= 0.6 is 0 Å². The lowest BCUT2D eigenvalue weighted by molar-refractivity contribution is -0.119. The van der Waals surface area contributed by atoms with Gasteiger partial charge in [-0.3, -0.25) is 4.79 Å². The molecule has 2 aromatic rings. The first-order valence-electron chi connectivity index (χ1n) is 6.16. The van der Waals surface area contributed by atoms with E-state index in [1.165, 1.54) is 0 Å². The van der Waals surface area contributed by atoms with Crippen LogP contribution in [0.5, 0.6) is 11.5 Å². The lowest BCUT2D eigenvalue weighted by Gasteiger charge is -2.08. The zero-order valence-electron chi connectivity index (χ0n) is 10.9. The summed E-state index contributed by atoms with van der Waals surface area (Å²) < 4.78 is 5.17. The standard InChI is InChI=1S/C15H16N2O3/c16-15(19)10-20-14-6-4-12(5-7-14)17-9-11-2-1-3-13(18)8-11/h1-8,17-18H,9-10H2,(H2,16,19). The molecule has 0 bridgehead atoms. The Kier molecular flexibility index (Phi) is 4.44. The van der Waals surface area contributed by atoms with E-state index in [9.17, 15) is 9.90 Å². The van der Waals surface area contributed by atoms with E-state index >= 15 is 0 Å². The summed E-state index contributed by atoms with van der Waals surface area (Å²) in [5, 5.41) is 12.6. The molecule has 0 aliphatic rings. The molecule has 104 valence electrons. The van der Waals surface area contributed by atoms with E-state index < -0.39 is 5.91 Å². The molecule has 0 heterocycles. The maximum absolute atomic E-state index is 10.6. The molecule has 0 atom stereocenters. The zero-order valence-corrected chi connectivity index (χ0v) is 10.9. The van der Waals surface area contributed by atoms with Gasteiger partial charge >= 0.3 is 0 Å². The predicted octanol–water partition coefficient (Wildman–Crippen LogP) is 1.87. The summed E-state index contributed by atoms with van der Waals surface area (Å²) in [6, 6.07) is 14.3. The van der Waals surface area contributed by atoms with E-state index in [1.807, 2.05) is 18.2 Å². The van der Waals surface area contributed by atoms with Crippen LogP contribution < -0.4 is 15.8 Å². The number of nitrogens with two attached hydrogens (primary N) is 1. The van der Waals surface area contributed by atoms with E-state index in [0.29, 0.717) is 12.3 Å². The van der Waals surface area contributed by atoms with Gasteiger partial charge in [0.15, 0.2) is 6.61 Å². The molecule has 4 N–H and O–H groups in total. The highest BCUT2D eigenvalue weighted by atomic mass is 16.5. The van der Waals surface area contributed by atoms with Crippen LogP contribution in [0.1, 0.15) is 5.56 Å². The normalized spacial score (nSPS) is 10.0. The van der Waals surface area contributed by atoms with Gasteiger partial charge < -0.3 is 20.9 Å². The number of primary amides is 1. The Labute approximate surface area is 117 Å². The minimum Gasteiger partial charge on any atom is -0.508 e. The highest BCUT2D eigenvalue weighted by molar-refractivity contribution is 5.75. The molecule has 0 fully saturated rings. The molecule has 0 aliphatic heterocycles. The smallest absolute Gasteiger partial charge is 0.255 e. The van der Waals surface area contributed by atoms with E-state index in [4.69, 9.17) is 10.5 Å². The molecule has 0 saturated heterocycles. The van der Waals surface area contributed by atoms with Crippen molar-refractivity contribution in [3.05, 3.63) is 54.1 Å². The molecule has 20 heavy (non-hydrogen) atoms. The summed E-state index contributed by atoms with van der Waals surface area (Å²) >= 11 is 0. The minimum atomic E-state index is -0.504. The second-order valence-electron chi connectivity index (χ2n) is 4.30. The second-order valence-corrected chi connectivity index (χ2v) is 4.30. The molecular weight excluding hydrogens is 256 g/mol. The van der Waals surface area contributed by atoms with E-state index in [1.54, 1.807) is 30.3 Å². The van der Waals surface area contributed by atoms with Gasteiger partial charge in [0.2, 0.25) is 0 Å². The first-order chi connectivity index (χ1) is 9.63. The number of carbonyl (C=O) groups excluding carboxylic acids is 1. The average molecular weight is 272 g/mol. The summed E-state index contributed by atoms with van der Waals surface area (Å²) in [6.07, 6.45) is 0. The van der Waals surface area contributed by atoms with Crippen molar-refractivity contribution in [1.29, 1.82) is 0 Å². The molecule has 2 rings (SSSR count). The molecule has 0 unspecified atom stereocenters. The van der Waals surface area contributed by atoms with E-state index in [-0.39, 0.29) is 12.4 Å². The summed E-state index contributed by atoms with van der Waals surface area (Å²) in [6.45, 7) is 0.478. The SMILES string of the molecule is NC(=O)COc1ccc(NCc2cccc(O)c2)cc1. The summed E-state index contributed by atoms with van der Waals surface area (Å²) in [5.74, 6) is 0.335. The van der Waals surface area contributed by atoms with Crippen molar-refractivity contribution in [2.45, 2.75) is 6.54 Å². The van der Waals surface area contributed by atoms with Gasteiger partial charge in [-0.2, -0.15) is 0 Å². The van der Waals surface area contributed by atoms with Crippen molar-refractivity contribution in [1.82, 2.24) is 0 Å². The number of nitrogens with one attached hydrogen (secondary N) is 1. The topological polar surface area (TPSA) is 84.6 Å². The third-order valence-electron chi connectivity index (χ3n) is 2.64. The molecule has 0 spiro atoms. The fourth-order valence-corrected chi connectivity index (χ4v) is 1.69.